The highest BCUT2D eigenvalue weighted by Gasteiger charge is 2.30. The van der Waals surface area contributed by atoms with E-state index in [0.717, 1.165) is 17.7 Å². The largest absolute Gasteiger partial charge is 0.416 e. The fourth-order valence-corrected chi connectivity index (χ4v) is 5.59. The quantitative estimate of drug-likeness (QED) is 0.156. The maximum atomic E-state index is 13.6. The molecule has 2 N–H and O–H groups in total. The summed E-state index contributed by atoms with van der Waals surface area (Å²) in [4.78, 5) is 50.7. The third-order valence-corrected chi connectivity index (χ3v) is 8.34. The minimum atomic E-state index is -4.49. The molecule has 0 spiro atoms. The van der Waals surface area contributed by atoms with Gasteiger partial charge in [0.2, 0.25) is 5.91 Å². The number of aromatic nitrogens is 2. The minimum absolute atomic E-state index is 0.186. The van der Waals surface area contributed by atoms with Crippen molar-refractivity contribution >= 4 is 34.4 Å². The number of fused-ring (bicyclic) bond motifs is 1. The van der Waals surface area contributed by atoms with Crippen molar-refractivity contribution in [2.75, 3.05) is 18.5 Å². The molecule has 6 aromatic rings. The Morgan fingerprint density at radius 1 is 0.804 bits per heavy atom. The molecule has 6 rings (SSSR count). The van der Waals surface area contributed by atoms with Crippen molar-refractivity contribution in [2.24, 2.45) is 0 Å². The molecule has 0 bridgehead atoms. The molecule has 0 unspecified atom stereocenters. The molecule has 0 radical (unpaired) electrons. The lowest BCUT2D eigenvalue weighted by molar-refractivity contribution is -0.137. The zero-order valence-corrected chi connectivity index (χ0v) is 27.4. The van der Waals surface area contributed by atoms with E-state index in [1.807, 2.05) is 36.4 Å². The van der Waals surface area contributed by atoms with Crippen LogP contribution in [0.15, 0.2) is 134 Å². The molecule has 0 saturated carbocycles. The molecule has 2 heterocycles. The van der Waals surface area contributed by atoms with E-state index in [0.29, 0.717) is 46.4 Å². The van der Waals surface area contributed by atoms with Crippen molar-refractivity contribution in [1.29, 1.82) is 0 Å². The highest BCUT2D eigenvalue weighted by Crippen LogP contribution is 2.32. The Morgan fingerprint density at radius 2 is 1.51 bits per heavy atom. The fourth-order valence-electron chi connectivity index (χ4n) is 5.59. The van der Waals surface area contributed by atoms with Crippen LogP contribution >= 0.6 is 0 Å². The summed E-state index contributed by atoms with van der Waals surface area (Å²) in [6.07, 6.45) is -2.38. The first kappa shape index (κ1) is 34.5. The van der Waals surface area contributed by atoms with Crippen LogP contribution in [0.25, 0.3) is 22.2 Å². The van der Waals surface area contributed by atoms with Gasteiger partial charge in [-0.2, -0.15) is 13.2 Å². The number of nitrogens with one attached hydrogen (secondary N) is 2. The number of nitrogens with zero attached hydrogens (tertiary/aromatic N) is 3. The van der Waals surface area contributed by atoms with Crippen LogP contribution in [-0.2, 0) is 17.4 Å². The lowest BCUT2D eigenvalue weighted by atomic mass is 10.0. The Kier molecular flexibility index (Phi) is 10.2. The van der Waals surface area contributed by atoms with Crippen molar-refractivity contribution < 1.29 is 27.6 Å². The molecule has 0 saturated heterocycles. The van der Waals surface area contributed by atoms with Crippen LogP contribution in [0.2, 0.25) is 0 Å². The van der Waals surface area contributed by atoms with E-state index >= 15 is 0 Å². The Labute approximate surface area is 292 Å². The van der Waals surface area contributed by atoms with E-state index in [-0.39, 0.29) is 17.2 Å². The SMILES string of the molecule is CN(C(=O)c1cccnc1-c1ccc(C(F)(F)F)cc1)c1ccc2cc(C(=O)N[C@H](C(=O)NCCc3ccccc3)c3ccccc3)ccc2n1. The van der Waals surface area contributed by atoms with Crippen molar-refractivity contribution in [3.05, 3.63) is 161 Å². The molecule has 51 heavy (non-hydrogen) atoms. The Balaban J connectivity index is 1.17. The summed E-state index contributed by atoms with van der Waals surface area (Å²) < 4.78 is 39.3. The Morgan fingerprint density at radius 3 is 2.22 bits per heavy atom. The van der Waals surface area contributed by atoms with E-state index in [1.165, 1.54) is 30.3 Å². The first-order chi connectivity index (χ1) is 24.6. The van der Waals surface area contributed by atoms with E-state index in [9.17, 15) is 27.6 Å². The second-order valence-electron chi connectivity index (χ2n) is 11.8. The van der Waals surface area contributed by atoms with Gasteiger partial charge in [-0.25, -0.2) is 4.98 Å². The first-order valence-electron chi connectivity index (χ1n) is 16.1. The van der Waals surface area contributed by atoms with Crippen LogP contribution in [0.5, 0.6) is 0 Å². The van der Waals surface area contributed by atoms with Gasteiger partial charge >= 0.3 is 6.18 Å². The van der Waals surface area contributed by atoms with Gasteiger partial charge in [-0.05, 0) is 72.1 Å². The molecule has 0 fully saturated rings. The number of rotatable bonds is 10. The number of hydrogen-bond donors (Lipinski definition) is 2. The normalized spacial score (nSPS) is 11.8. The molecular weight excluding hydrogens is 655 g/mol. The van der Waals surface area contributed by atoms with E-state index in [1.54, 1.807) is 66.7 Å². The van der Waals surface area contributed by atoms with Crippen molar-refractivity contribution in [3.8, 4) is 11.3 Å². The molecule has 2 aromatic heterocycles. The standard InChI is InChI=1S/C40H32F3N5O3/c1-48(39(51)32-13-8-23-44-35(32)28-14-18-31(19-15-28)40(41,42)43)34-21-17-29-25-30(16-20-33(29)46-34)37(49)47-36(27-11-6-3-7-12-27)38(50)45-24-22-26-9-4-2-5-10-26/h2-21,23,25,36H,22,24H2,1H3,(H,45,50)(H,47,49)/t36-/m0/s1. The van der Waals surface area contributed by atoms with Crippen molar-refractivity contribution in [1.82, 2.24) is 20.6 Å². The van der Waals surface area contributed by atoms with Crippen molar-refractivity contribution in [2.45, 2.75) is 18.6 Å². The van der Waals surface area contributed by atoms with Crippen LogP contribution in [0.3, 0.4) is 0 Å². The van der Waals surface area contributed by atoms with Gasteiger partial charge in [-0.3, -0.25) is 24.3 Å². The molecule has 256 valence electrons. The molecule has 3 amide bonds. The molecule has 0 aliphatic carbocycles. The monoisotopic (exact) mass is 687 g/mol. The van der Waals surface area contributed by atoms with Gasteiger partial charge in [0.05, 0.1) is 22.3 Å². The zero-order valence-electron chi connectivity index (χ0n) is 27.4. The van der Waals surface area contributed by atoms with E-state index < -0.39 is 29.6 Å². The van der Waals surface area contributed by atoms with Gasteiger partial charge in [-0.15, -0.1) is 0 Å². The molecule has 11 heteroatoms. The summed E-state index contributed by atoms with van der Waals surface area (Å²) in [6, 6.07) is 33.7. The number of carbonyl (C=O) groups is 3. The van der Waals surface area contributed by atoms with Gasteiger partial charge in [0.15, 0.2) is 0 Å². The lowest BCUT2D eigenvalue weighted by Gasteiger charge is -2.20. The third kappa shape index (κ3) is 8.10. The first-order valence-corrected chi connectivity index (χ1v) is 16.1. The predicted molar refractivity (Wildman–Crippen MR) is 189 cm³/mol. The number of carbonyl (C=O) groups excluding carboxylic acids is 3. The van der Waals surface area contributed by atoms with E-state index in [2.05, 4.69) is 20.6 Å². The predicted octanol–water partition coefficient (Wildman–Crippen LogP) is 7.42. The molecule has 4 aromatic carbocycles. The maximum Gasteiger partial charge on any atom is 0.416 e. The maximum absolute atomic E-state index is 13.6. The lowest BCUT2D eigenvalue weighted by Crippen LogP contribution is -2.41. The number of hydrogen-bond acceptors (Lipinski definition) is 5. The van der Waals surface area contributed by atoms with Gasteiger partial charge in [-0.1, -0.05) is 72.8 Å². The van der Waals surface area contributed by atoms with Crippen molar-refractivity contribution in [3.63, 3.8) is 0 Å². The average molecular weight is 688 g/mol. The van der Waals surface area contributed by atoms with Crippen LogP contribution in [0, 0.1) is 0 Å². The molecule has 1 atom stereocenters. The third-order valence-electron chi connectivity index (χ3n) is 8.34. The number of halogens is 3. The molecule has 8 nitrogen and oxygen atoms in total. The van der Waals surface area contributed by atoms with Crippen LogP contribution in [0.1, 0.15) is 43.4 Å². The summed E-state index contributed by atoms with van der Waals surface area (Å²) in [5, 5.41) is 6.43. The zero-order chi connectivity index (χ0) is 36.0. The minimum Gasteiger partial charge on any atom is -0.354 e. The summed E-state index contributed by atoms with van der Waals surface area (Å²) in [5.74, 6) is -0.939. The second-order valence-corrected chi connectivity index (χ2v) is 11.8. The topological polar surface area (TPSA) is 104 Å². The van der Waals surface area contributed by atoms with Gasteiger partial charge in [0.25, 0.3) is 11.8 Å². The summed E-state index contributed by atoms with van der Waals surface area (Å²) in [5.41, 5.74) is 2.52. The summed E-state index contributed by atoms with van der Waals surface area (Å²) in [6.45, 7) is 0.403. The average Bonchev–Trinajstić information content (AvgIpc) is 3.16. The second kappa shape index (κ2) is 15.0. The number of benzene rings is 4. The number of pyridine rings is 2. The van der Waals surface area contributed by atoms with Gasteiger partial charge < -0.3 is 10.6 Å². The summed E-state index contributed by atoms with van der Waals surface area (Å²) >= 11 is 0. The number of alkyl halides is 3. The Bertz CT molecular complexity index is 2180. The van der Waals surface area contributed by atoms with E-state index in [4.69, 9.17) is 0 Å². The Hall–Kier alpha value is -6.36. The fraction of sp³-hybridized carbons (Fsp3) is 0.125. The van der Waals surface area contributed by atoms with Crippen LogP contribution < -0.4 is 15.5 Å². The smallest absolute Gasteiger partial charge is 0.354 e. The molecule has 0 aliphatic heterocycles. The number of amides is 3. The van der Waals surface area contributed by atoms with Crippen LogP contribution in [0.4, 0.5) is 19.0 Å². The highest BCUT2D eigenvalue weighted by molar-refractivity contribution is 6.09. The van der Waals surface area contributed by atoms with Gasteiger partial charge in [0.1, 0.15) is 11.9 Å². The van der Waals surface area contributed by atoms with Gasteiger partial charge in [0, 0.05) is 36.3 Å². The molecular formula is C40H32F3N5O3. The number of anilines is 1. The van der Waals surface area contributed by atoms with Crippen LogP contribution in [-0.4, -0.2) is 41.3 Å². The molecule has 0 aliphatic rings. The highest BCUT2D eigenvalue weighted by atomic mass is 19.4. The summed E-state index contributed by atoms with van der Waals surface area (Å²) in [7, 11) is 1.54.